The Morgan fingerprint density at radius 1 is 1.47 bits per heavy atom. The van der Waals surface area contributed by atoms with Crippen molar-refractivity contribution >= 4 is 27.1 Å². The van der Waals surface area contributed by atoms with Crippen molar-refractivity contribution in [2.75, 3.05) is 19.5 Å². The van der Waals surface area contributed by atoms with Crippen LogP contribution in [0, 0.1) is 0 Å². The second-order valence-corrected chi connectivity index (χ2v) is 6.59. The highest BCUT2D eigenvalue weighted by atomic mass is 35.5. The molecule has 0 fully saturated rings. The van der Waals surface area contributed by atoms with Gasteiger partial charge in [-0.2, -0.15) is 0 Å². The maximum absolute atomic E-state index is 12.1. The van der Waals surface area contributed by atoms with Crippen LogP contribution >= 0.6 is 11.6 Å². The fourth-order valence-corrected chi connectivity index (χ4v) is 3.01. The quantitative estimate of drug-likeness (QED) is 0.837. The molecule has 0 bridgehead atoms. The summed E-state index contributed by atoms with van der Waals surface area (Å²) >= 11 is 5.81. The normalized spacial score (nSPS) is 13.6. The van der Waals surface area contributed by atoms with E-state index in [0.29, 0.717) is 18.7 Å². The molecule has 4 nitrogen and oxygen atoms in total. The number of nitrogen functional groups attached to an aromatic ring is 1. The van der Waals surface area contributed by atoms with Gasteiger partial charge in [-0.15, -0.1) is 0 Å². The smallest absolute Gasteiger partial charge is 0.181 e. The number of nitrogens with two attached hydrogens (primary N) is 1. The Kier molecular flexibility index (Phi) is 4.80. The van der Waals surface area contributed by atoms with Crippen LogP contribution in [0.3, 0.4) is 0 Å². The number of sulfone groups is 1. The molecule has 1 aromatic carbocycles. The Morgan fingerprint density at radius 3 is 2.65 bits per heavy atom. The Balaban J connectivity index is 3.00. The molecule has 0 radical (unpaired) electrons. The van der Waals surface area contributed by atoms with E-state index in [1.807, 2.05) is 0 Å². The molecular weight excluding hydrogens is 262 g/mol. The van der Waals surface area contributed by atoms with Gasteiger partial charge in [-0.05, 0) is 31.5 Å². The Labute approximate surface area is 107 Å². The minimum absolute atomic E-state index is 0.195. The summed E-state index contributed by atoms with van der Waals surface area (Å²) in [5.74, 6) is 0. The van der Waals surface area contributed by atoms with E-state index in [1.165, 1.54) is 18.2 Å². The van der Waals surface area contributed by atoms with Gasteiger partial charge in [-0.3, -0.25) is 0 Å². The number of methoxy groups -OCH3 is 1. The van der Waals surface area contributed by atoms with E-state index in [1.54, 1.807) is 14.0 Å². The van der Waals surface area contributed by atoms with Gasteiger partial charge in [0.1, 0.15) is 0 Å². The third-order valence-electron chi connectivity index (χ3n) is 2.56. The van der Waals surface area contributed by atoms with Crippen LogP contribution < -0.4 is 5.73 Å². The number of benzene rings is 1. The lowest BCUT2D eigenvalue weighted by Gasteiger charge is -2.13. The van der Waals surface area contributed by atoms with Gasteiger partial charge in [0.05, 0.1) is 20.9 Å². The number of rotatable bonds is 5. The van der Waals surface area contributed by atoms with Crippen LogP contribution in [0.25, 0.3) is 0 Å². The second kappa shape index (κ2) is 5.71. The first-order valence-electron chi connectivity index (χ1n) is 5.17. The van der Waals surface area contributed by atoms with E-state index < -0.39 is 15.1 Å². The number of hydrogen-bond donors (Lipinski definition) is 1. The zero-order valence-corrected chi connectivity index (χ0v) is 11.4. The predicted molar refractivity (Wildman–Crippen MR) is 69.0 cm³/mol. The third-order valence-corrected chi connectivity index (χ3v) is 5.09. The van der Waals surface area contributed by atoms with Crippen molar-refractivity contribution in [2.45, 2.75) is 23.5 Å². The summed E-state index contributed by atoms with van der Waals surface area (Å²) in [7, 11) is -1.83. The molecule has 0 aromatic heterocycles. The average Bonchev–Trinajstić information content (AvgIpc) is 2.29. The van der Waals surface area contributed by atoms with Crippen molar-refractivity contribution in [1.29, 1.82) is 0 Å². The molecule has 17 heavy (non-hydrogen) atoms. The highest BCUT2D eigenvalue weighted by Crippen LogP contribution is 2.25. The fourth-order valence-electron chi connectivity index (χ4n) is 1.36. The maximum Gasteiger partial charge on any atom is 0.181 e. The molecule has 6 heteroatoms. The number of anilines is 1. The first-order chi connectivity index (χ1) is 7.89. The fraction of sp³-hybridized carbons (Fsp3) is 0.455. The largest absolute Gasteiger partial charge is 0.398 e. The molecule has 0 saturated heterocycles. The molecule has 1 unspecified atom stereocenters. The van der Waals surface area contributed by atoms with Gasteiger partial charge in [0.2, 0.25) is 0 Å². The van der Waals surface area contributed by atoms with Crippen molar-refractivity contribution in [3.8, 4) is 0 Å². The van der Waals surface area contributed by atoms with Crippen molar-refractivity contribution in [3.63, 3.8) is 0 Å². The van der Waals surface area contributed by atoms with Gasteiger partial charge in [-0.25, -0.2) is 8.42 Å². The summed E-state index contributed by atoms with van der Waals surface area (Å²) in [6, 6.07) is 4.35. The Bertz CT molecular complexity index is 487. The second-order valence-electron chi connectivity index (χ2n) is 3.82. The van der Waals surface area contributed by atoms with Gasteiger partial charge in [0.25, 0.3) is 0 Å². The number of hydrogen-bond acceptors (Lipinski definition) is 4. The van der Waals surface area contributed by atoms with Crippen LogP contribution in [-0.2, 0) is 14.6 Å². The van der Waals surface area contributed by atoms with Crippen molar-refractivity contribution in [1.82, 2.24) is 0 Å². The maximum atomic E-state index is 12.1. The summed E-state index contributed by atoms with van der Waals surface area (Å²) < 4.78 is 29.2. The van der Waals surface area contributed by atoms with Gasteiger partial charge >= 0.3 is 0 Å². The molecule has 96 valence electrons. The first kappa shape index (κ1) is 14.3. The number of halogens is 1. The van der Waals surface area contributed by atoms with Gasteiger partial charge in [-0.1, -0.05) is 11.6 Å². The molecule has 0 saturated carbocycles. The third kappa shape index (κ3) is 3.34. The molecule has 0 amide bonds. The first-order valence-corrected chi connectivity index (χ1v) is 7.10. The van der Waals surface area contributed by atoms with Crippen LogP contribution in [0.4, 0.5) is 5.69 Å². The van der Waals surface area contributed by atoms with Crippen LogP contribution in [0.1, 0.15) is 13.3 Å². The number of ether oxygens (including phenoxy) is 1. The SMILES string of the molecule is COCCC(C)S(=O)(=O)c1ccc(N)c(Cl)c1. The molecule has 2 N–H and O–H groups in total. The zero-order valence-electron chi connectivity index (χ0n) is 9.81. The molecule has 0 aliphatic rings. The van der Waals surface area contributed by atoms with E-state index in [0.717, 1.165) is 0 Å². The predicted octanol–water partition coefficient (Wildman–Crippen LogP) is 2.12. The lowest BCUT2D eigenvalue weighted by Crippen LogP contribution is -2.19. The molecule has 1 aromatic rings. The molecule has 0 spiro atoms. The van der Waals surface area contributed by atoms with Gasteiger partial charge < -0.3 is 10.5 Å². The van der Waals surface area contributed by atoms with E-state index in [-0.39, 0.29) is 9.92 Å². The molecule has 0 heterocycles. The molecule has 0 aliphatic heterocycles. The summed E-state index contributed by atoms with van der Waals surface area (Å²) in [5.41, 5.74) is 5.91. The molecule has 1 atom stereocenters. The monoisotopic (exact) mass is 277 g/mol. The lowest BCUT2D eigenvalue weighted by molar-refractivity contribution is 0.194. The summed E-state index contributed by atoms with van der Waals surface area (Å²) in [5, 5.41) is -0.257. The highest BCUT2D eigenvalue weighted by Gasteiger charge is 2.23. The van der Waals surface area contributed by atoms with Crippen molar-refractivity contribution in [2.24, 2.45) is 0 Å². The Morgan fingerprint density at radius 2 is 2.12 bits per heavy atom. The zero-order chi connectivity index (χ0) is 13.1. The van der Waals surface area contributed by atoms with E-state index >= 15 is 0 Å². The van der Waals surface area contributed by atoms with Crippen LogP contribution in [0.5, 0.6) is 0 Å². The minimum Gasteiger partial charge on any atom is -0.398 e. The topological polar surface area (TPSA) is 69.4 Å². The van der Waals surface area contributed by atoms with Gasteiger partial charge in [0.15, 0.2) is 9.84 Å². The van der Waals surface area contributed by atoms with Crippen molar-refractivity contribution < 1.29 is 13.2 Å². The minimum atomic E-state index is -3.37. The average molecular weight is 278 g/mol. The summed E-state index contributed by atoms with van der Waals surface area (Å²) in [6.07, 6.45) is 0.445. The van der Waals surface area contributed by atoms with Gasteiger partial charge in [0, 0.05) is 13.7 Å². The molecule has 1 rings (SSSR count). The van der Waals surface area contributed by atoms with E-state index in [4.69, 9.17) is 22.1 Å². The van der Waals surface area contributed by atoms with E-state index in [9.17, 15) is 8.42 Å². The standard InChI is InChI=1S/C11H16ClNO3S/c1-8(5-6-16-2)17(14,15)9-3-4-11(13)10(12)7-9/h3-4,7-8H,5-6,13H2,1-2H3. The van der Waals surface area contributed by atoms with Crippen molar-refractivity contribution in [3.05, 3.63) is 23.2 Å². The lowest BCUT2D eigenvalue weighted by atomic mass is 10.3. The van der Waals surface area contributed by atoms with E-state index in [2.05, 4.69) is 0 Å². The summed E-state index contributed by atoms with van der Waals surface area (Å²) in [6.45, 7) is 2.06. The Hall–Kier alpha value is -0.780. The van der Waals surface area contributed by atoms with Crippen LogP contribution in [-0.4, -0.2) is 27.4 Å². The summed E-state index contributed by atoms with van der Waals surface area (Å²) in [4.78, 5) is 0.195. The van der Waals surface area contributed by atoms with Crippen LogP contribution in [0.15, 0.2) is 23.1 Å². The highest BCUT2D eigenvalue weighted by molar-refractivity contribution is 7.92. The molecular formula is C11H16ClNO3S. The molecule has 0 aliphatic carbocycles. The van der Waals surface area contributed by atoms with Crippen LogP contribution in [0.2, 0.25) is 5.02 Å².